The number of amides is 1. The summed E-state index contributed by atoms with van der Waals surface area (Å²) in [4.78, 5) is 15.4. The highest BCUT2D eigenvalue weighted by atomic mass is 16.5. The van der Waals surface area contributed by atoms with Crippen LogP contribution in [0, 0.1) is 0 Å². The van der Waals surface area contributed by atoms with E-state index in [1.807, 2.05) is 61.5 Å². The van der Waals surface area contributed by atoms with Crippen LogP contribution in [-0.2, 0) is 11.4 Å². The summed E-state index contributed by atoms with van der Waals surface area (Å²) >= 11 is 0. The Morgan fingerprint density at radius 2 is 1.69 bits per heavy atom. The van der Waals surface area contributed by atoms with Gasteiger partial charge in [-0.1, -0.05) is 30.3 Å². The van der Waals surface area contributed by atoms with Gasteiger partial charge in [0, 0.05) is 5.69 Å². The van der Waals surface area contributed by atoms with Gasteiger partial charge < -0.3 is 19.9 Å². The zero-order chi connectivity index (χ0) is 18.4. The van der Waals surface area contributed by atoms with Crippen LogP contribution in [-0.4, -0.2) is 45.2 Å². The van der Waals surface area contributed by atoms with E-state index in [1.165, 1.54) is 4.90 Å². The van der Waals surface area contributed by atoms with Crippen LogP contribution in [0.25, 0.3) is 0 Å². The van der Waals surface area contributed by atoms with Gasteiger partial charge in [-0.3, -0.25) is 4.79 Å². The second kappa shape index (κ2) is 8.83. The fourth-order valence-corrected chi connectivity index (χ4v) is 3.24. The topological polar surface area (TPSA) is 47.2 Å². The number of carbonyl (C=O) groups excluding carboxylic acids is 1. The summed E-state index contributed by atoms with van der Waals surface area (Å²) in [6.07, 6.45) is 0. The largest absolute Gasteiger partial charge is 0.489 e. The molecule has 1 amide bonds. The lowest BCUT2D eigenvalue weighted by Gasteiger charge is -2.30. The third-order valence-electron chi connectivity index (χ3n) is 5.12. The van der Waals surface area contributed by atoms with Crippen molar-refractivity contribution in [1.82, 2.24) is 0 Å². The number of quaternary nitrogens is 2. The lowest BCUT2D eigenvalue weighted by atomic mass is 10.2. The van der Waals surface area contributed by atoms with Crippen LogP contribution in [0.2, 0.25) is 0 Å². The number of ether oxygens (including phenoxy) is 1. The van der Waals surface area contributed by atoms with Gasteiger partial charge in [0.15, 0.2) is 6.04 Å². The molecule has 1 aliphatic heterocycles. The Kier molecular flexibility index (Phi) is 6.26. The van der Waals surface area contributed by atoms with E-state index >= 15 is 0 Å². The summed E-state index contributed by atoms with van der Waals surface area (Å²) in [7, 11) is 2.21. The highest BCUT2D eigenvalue weighted by Gasteiger charge is 2.29. The van der Waals surface area contributed by atoms with Gasteiger partial charge in [-0.2, -0.15) is 0 Å². The van der Waals surface area contributed by atoms with Crippen molar-refractivity contribution in [3.05, 3.63) is 60.2 Å². The van der Waals surface area contributed by atoms with E-state index in [1.54, 1.807) is 4.90 Å². The number of benzene rings is 2. The number of carbonyl (C=O) groups is 1. The monoisotopic (exact) mass is 355 g/mol. The molecule has 2 aromatic carbocycles. The number of anilines is 1. The Morgan fingerprint density at radius 3 is 2.35 bits per heavy atom. The van der Waals surface area contributed by atoms with E-state index in [0.29, 0.717) is 6.61 Å². The SMILES string of the molecule is C[C@H](C(=O)Nc1ccc(OCc2ccccc2)cc1)[NH+]1CC[NH+](C)CC1. The maximum Gasteiger partial charge on any atom is 0.282 e. The van der Waals surface area contributed by atoms with Gasteiger partial charge in [-0.05, 0) is 36.8 Å². The molecule has 1 aliphatic rings. The molecular formula is C21H29N3O2+2. The van der Waals surface area contributed by atoms with Gasteiger partial charge in [0.2, 0.25) is 0 Å². The van der Waals surface area contributed by atoms with Crippen LogP contribution >= 0.6 is 0 Å². The van der Waals surface area contributed by atoms with Gasteiger partial charge >= 0.3 is 0 Å². The summed E-state index contributed by atoms with van der Waals surface area (Å²) in [6.45, 7) is 6.90. The maximum absolute atomic E-state index is 12.5. The first-order chi connectivity index (χ1) is 12.6. The predicted molar refractivity (Wildman–Crippen MR) is 103 cm³/mol. The second-order valence-electron chi connectivity index (χ2n) is 7.12. The first-order valence-corrected chi connectivity index (χ1v) is 9.35. The summed E-state index contributed by atoms with van der Waals surface area (Å²) in [5.74, 6) is 0.880. The molecule has 1 saturated heterocycles. The molecule has 2 aromatic rings. The highest BCUT2D eigenvalue weighted by Crippen LogP contribution is 2.17. The van der Waals surface area contributed by atoms with Crippen molar-refractivity contribution < 1.29 is 19.3 Å². The molecule has 0 bridgehead atoms. The van der Waals surface area contributed by atoms with Crippen LogP contribution < -0.4 is 19.9 Å². The molecule has 0 saturated carbocycles. The van der Waals surface area contributed by atoms with Crippen molar-refractivity contribution in [2.75, 3.05) is 38.5 Å². The van der Waals surface area contributed by atoms with E-state index in [0.717, 1.165) is 43.2 Å². The minimum Gasteiger partial charge on any atom is -0.489 e. The first-order valence-electron chi connectivity index (χ1n) is 9.35. The zero-order valence-corrected chi connectivity index (χ0v) is 15.6. The van der Waals surface area contributed by atoms with Crippen molar-refractivity contribution in [2.45, 2.75) is 19.6 Å². The standard InChI is InChI=1S/C21H27N3O2/c1-17(24-14-12-23(2)13-15-24)21(25)22-19-8-10-20(11-9-19)26-16-18-6-4-3-5-7-18/h3-11,17H,12-16H2,1-2H3,(H,22,25)/p+2/t17-/m1/s1. The summed E-state index contributed by atoms with van der Waals surface area (Å²) in [5.41, 5.74) is 1.95. The van der Waals surface area contributed by atoms with E-state index < -0.39 is 0 Å². The summed E-state index contributed by atoms with van der Waals surface area (Å²) in [5, 5.41) is 3.03. The number of nitrogens with one attached hydrogen (secondary N) is 3. The second-order valence-corrected chi connectivity index (χ2v) is 7.12. The highest BCUT2D eigenvalue weighted by molar-refractivity contribution is 5.93. The van der Waals surface area contributed by atoms with Crippen LogP contribution in [0.5, 0.6) is 5.75 Å². The summed E-state index contributed by atoms with van der Waals surface area (Å²) in [6, 6.07) is 17.6. The predicted octanol–water partition coefficient (Wildman–Crippen LogP) is 0.00580. The van der Waals surface area contributed by atoms with Crippen LogP contribution in [0.1, 0.15) is 12.5 Å². The van der Waals surface area contributed by atoms with E-state index in [4.69, 9.17) is 4.74 Å². The van der Waals surface area contributed by atoms with Gasteiger partial charge in [0.25, 0.3) is 5.91 Å². The van der Waals surface area contributed by atoms with E-state index in [2.05, 4.69) is 12.4 Å². The van der Waals surface area contributed by atoms with Gasteiger partial charge in [0.1, 0.15) is 38.5 Å². The van der Waals surface area contributed by atoms with Crippen molar-refractivity contribution in [3.63, 3.8) is 0 Å². The lowest BCUT2D eigenvalue weighted by Crippen LogP contribution is -3.29. The fourth-order valence-electron chi connectivity index (χ4n) is 3.24. The number of likely N-dealkylation sites (N-methyl/N-ethyl adjacent to an activating group) is 1. The average molecular weight is 355 g/mol. The smallest absolute Gasteiger partial charge is 0.282 e. The molecule has 5 heteroatoms. The van der Waals surface area contributed by atoms with Crippen molar-refractivity contribution in [3.8, 4) is 5.75 Å². The number of hydrogen-bond acceptors (Lipinski definition) is 2. The molecule has 1 fully saturated rings. The third kappa shape index (κ3) is 5.07. The third-order valence-corrected chi connectivity index (χ3v) is 5.12. The Morgan fingerprint density at radius 1 is 1.04 bits per heavy atom. The first kappa shape index (κ1) is 18.4. The van der Waals surface area contributed by atoms with Gasteiger partial charge in [0.05, 0.1) is 7.05 Å². The molecule has 3 N–H and O–H groups in total. The molecule has 1 heterocycles. The molecule has 0 aromatic heterocycles. The van der Waals surface area contributed by atoms with Crippen LogP contribution in [0.3, 0.4) is 0 Å². The molecule has 0 radical (unpaired) electrons. The number of hydrogen-bond donors (Lipinski definition) is 3. The summed E-state index contributed by atoms with van der Waals surface area (Å²) < 4.78 is 5.79. The van der Waals surface area contributed by atoms with Crippen molar-refractivity contribution in [2.24, 2.45) is 0 Å². The zero-order valence-electron chi connectivity index (χ0n) is 15.6. The van der Waals surface area contributed by atoms with Crippen LogP contribution in [0.15, 0.2) is 54.6 Å². The minimum absolute atomic E-state index is 0.0305. The number of piperazine rings is 1. The van der Waals surface area contributed by atoms with Crippen LogP contribution in [0.4, 0.5) is 5.69 Å². The fraction of sp³-hybridized carbons (Fsp3) is 0.381. The van der Waals surface area contributed by atoms with Gasteiger partial charge in [-0.25, -0.2) is 0 Å². The molecule has 3 rings (SSSR count). The molecule has 1 atom stereocenters. The van der Waals surface area contributed by atoms with Gasteiger partial charge in [-0.15, -0.1) is 0 Å². The van der Waals surface area contributed by atoms with Crippen molar-refractivity contribution >= 4 is 11.6 Å². The Bertz CT molecular complexity index is 695. The minimum atomic E-state index is -0.0305. The molecular weight excluding hydrogens is 326 g/mol. The molecule has 0 unspecified atom stereocenters. The molecule has 0 spiro atoms. The Hall–Kier alpha value is -2.37. The van der Waals surface area contributed by atoms with E-state index in [-0.39, 0.29) is 11.9 Å². The van der Waals surface area contributed by atoms with E-state index in [9.17, 15) is 4.79 Å². The maximum atomic E-state index is 12.5. The molecule has 5 nitrogen and oxygen atoms in total. The molecule has 26 heavy (non-hydrogen) atoms. The molecule has 138 valence electrons. The average Bonchev–Trinajstić information content (AvgIpc) is 2.68. The Balaban J connectivity index is 1.49. The Labute approximate surface area is 155 Å². The normalized spacial score (nSPS) is 21.0. The van der Waals surface area contributed by atoms with Crippen molar-refractivity contribution in [1.29, 1.82) is 0 Å². The lowest BCUT2D eigenvalue weighted by molar-refractivity contribution is -1.01. The number of rotatable bonds is 6. The molecule has 0 aliphatic carbocycles. The quantitative estimate of drug-likeness (QED) is 0.684.